The van der Waals surface area contributed by atoms with Crippen LogP contribution in [0.5, 0.6) is 0 Å². The second-order valence-electron chi connectivity index (χ2n) is 8.58. The molecule has 2 N–H and O–H groups in total. The van der Waals surface area contributed by atoms with E-state index in [9.17, 15) is 22.8 Å². The minimum atomic E-state index is -4.45. The van der Waals surface area contributed by atoms with Crippen molar-refractivity contribution in [3.8, 4) is 0 Å². The van der Waals surface area contributed by atoms with E-state index < -0.39 is 11.7 Å². The summed E-state index contributed by atoms with van der Waals surface area (Å²) in [6.45, 7) is 3.48. The third-order valence-corrected chi connectivity index (χ3v) is 5.84. The predicted molar refractivity (Wildman–Crippen MR) is 128 cm³/mol. The second-order valence-corrected chi connectivity index (χ2v) is 8.58. The highest BCUT2D eigenvalue weighted by Crippen LogP contribution is 2.29. The van der Waals surface area contributed by atoms with Crippen LogP contribution in [-0.2, 0) is 30.2 Å². The van der Waals surface area contributed by atoms with Crippen molar-refractivity contribution in [3.05, 3.63) is 94.3 Å². The molecule has 35 heavy (non-hydrogen) atoms. The maximum absolute atomic E-state index is 12.9. The largest absolute Gasteiger partial charge is 0.416 e. The van der Waals surface area contributed by atoms with Crippen LogP contribution in [0.2, 0.25) is 0 Å². The van der Waals surface area contributed by atoms with Crippen LogP contribution in [0.4, 0.5) is 18.9 Å². The summed E-state index contributed by atoms with van der Waals surface area (Å²) in [5.41, 5.74) is 4.43. The lowest BCUT2D eigenvalue weighted by atomic mass is 10.00. The van der Waals surface area contributed by atoms with E-state index in [4.69, 9.17) is 0 Å². The Kier molecular flexibility index (Phi) is 6.73. The smallest absolute Gasteiger partial charge is 0.337 e. The lowest BCUT2D eigenvalue weighted by molar-refractivity contribution is -0.137. The Labute approximate surface area is 200 Å². The number of aromatic nitrogens is 2. The van der Waals surface area contributed by atoms with Gasteiger partial charge in [-0.3, -0.25) is 9.59 Å². The van der Waals surface area contributed by atoms with Gasteiger partial charge in [0.1, 0.15) is 5.65 Å². The molecule has 0 atom stereocenters. The van der Waals surface area contributed by atoms with Crippen molar-refractivity contribution >= 4 is 28.4 Å². The molecule has 0 aliphatic rings. The number of hydrogen-bond donors (Lipinski definition) is 2. The number of rotatable bonds is 7. The van der Waals surface area contributed by atoms with Crippen LogP contribution in [-0.4, -0.2) is 21.7 Å². The number of carbonyl (C=O) groups excluding carboxylic acids is 2. The molecule has 0 spiro atoms. The van der Waals surface area contributed by atoms with E-state index in [0.29, 0.717) is 35.4 Å². The van der Waals surface area contributed by atoms with Gasteiger partial charge in [-0.15, -0.1) is 0 Å². The number of fused-ring (bicyclic) bond motifs is 1. The summed E-state index contributed by atoms with van der Waals surface area (Å²) < 4.78 is 38.8. The van der Waals surface area contributed by atoms with Crippen molar-refractivity contribution in [1.29, 1.82) is 0 Å². The fraction of sp³-hybridized carbons (Fsp3) is 0.222. The predicted octanol–water partition coefficient (Wildman–Crippen LogP) is 6.06. The number of carbonyl (C=O) groups is 2. The van der Waals surface area contributed by atoms with Crippen LogP contribution in [0.15, 0.2) is 60.8 Å². The minimum absolute atomic E-state index is 0.0490. The number of alkyl halides is 3. The summed E-state index contributed by atoms with van der Waals surface area (Å²) >= 11 is 0. The van der Waals surface area contributed by atoms with E-state index in [2.05, 4.69) is 15.3 Å². The number of aryl methyl sites for hydroxylation is 3. The van der Waals surface area contributed by atoms with E-state index in [1.165, 1.54) is 19.1 Å². The molecular weight excluding hydrogens is 455 g/mol. The van der Waals surface area contributed by atoms with Gasteiger partial charge in [-0.1, -0.05) is 24.3 Å². The molecule has 0 saturated carbocycles. The van der Waals surface area contributed by atoms with Gasteiger partial charge < -0.3 is 10.3 Å². The van der Waals surface area contributed by atoms with Crippen molar-refractivity contribution < 1.29 is 22.8 Å². The first-order valence-electron chi connectivity index (χ1n) is 11.1. The zero-order valence-electron chi connectivity index (χ0n) is 19.3. The zero-order chi connectivity index (χ0) is 25.2. The number of pyridine rings is 1. The molecule has 4 aromatic rings. The number of Topliss-reactive ketones (excluding diaryl/α,β-unsaturated/α-hetero) is 1. The average Bonchev–Trinajstić information content (AvgIpc) is 3.23. The monoisotopic (exact) mass is 479 g/mol. The number of aromatic amines is 1. The SMILES string of the molecule is CC(=O)c1cc2cc(CCc3cc(NC(=O)Cc4cccc(C(F)(F)F)c4)ccc3C)cnc2[nH]1. The standard InChI is InChI=1S/C27H24F3N3O2/c1-16-6-9-23(32-25(35)12-18-4-3-5-22(11-18)27(28,29)30)13-20(16)8-7-19-10-21-14-24(17(2)34)33-26(21)31-15-19/h3-6,9-11,13-15H,7-8,12H2,1-2H3,(H,31,33)(H,32,35). The van der Waals surface area contributed by atoms with Crippen LogP contribution >= 0.6 is 0 Å². The Hall–Kier alpha value is -3.94. The summed E-state index contributed by atoms with van der Waals surface area (Å²) in [6, 6.07) is 14.1. The van der Waals surface area contributed by atoms with Crippen LogP contribution < -0.4 is 5.32 Å². The summed E-state index contributed by atoms with van der Waals surface area (Å²) in [5, 5.41) is 3.66. The van der Waals surface area contributed by atoms with Crippen molar-refractivity contribution in [2.24, 2.45) is 0 Å². The van der Waals surface area contributed by atoms with Gasteiger partial charge in [0.25, 0.3) is 0 Å². The molecular formula is C27H24F3N3O2. The Bertz CT molecular complexity index is 1410. The lowest BCUT2D eigenvalue weighted by Crippen LogP contribution is -2.15. The average molecular weight is 480 g/mol. The fourth-order valence-electron chi connectivity index (χ4n) is 3.93. The number of ketones is 1. The highest BCUT2D eigenvalue weighted by atomic mass is 19.4. The number of hydrogen-bond acceptors (Lipinski definition) is 3. The molecule has 1 amide bonds. The van der Waals surface area contributed by atoms with Crippen LogP contribution in [0.3, 0.4) is 0 Å². The van der Waals surface area contributed by atoms with E-state index in [1.807, 2.05) is 25.1 Å². The molecule has 2 aromatic carbocycles. The van der Waals surface area contributed by atoms with Crippen molar-refractivity contribution in [2.75, 3.05) is 5.32 Å². The van der Waals surface area contributed by atoms with Crippen molar-refractivity contribution in [1.82, 2.24) is 9.97 Å². The normalized spacial score (nSPS) is 11.6. The van der Waals surface area contributed by atoms with Crippen molar-refractivity contribution in [2.45, 2.75) is 39.3 Å². The Morgan fingerprint density at radius 3 is 2.54 bits per heavy atom. The van der Waals surface area contributed by atoms with Gasteiger partial charge in [-0.2, -0.15) is 13.2 Å². The molecule has 180 valence electrons. The van der Waals surface area contributed by atoms with Gasteiger partial charge in [-0.05, 0) is 72.4 Å². The number of nitrogens with one attached hydrogen (secondary N) is 2. The molecule has 0 bridgehead atoms. The molecule has 0 aliphatic carbocycles. The molecule has 2 heterocycles. The van der Waals surface area contributed by atoms with Crippen LogP contribution in [0.1, 0.15) is 45.2 Å². The summed E-state index contributed by atoms with van der Waals surface area (Å²) in [7, 11) is 0. The maximum Gasteiger partial charge on any atom is 0.416 e. The number of nitrogens with zero attached hydrogens (tertiary/aromatic N) is 1. The second kappa shape index (κ2) is 9.74. The highest BCUT2D eigenvalue weighted by Gasteiger charge is 2.30. The van der Waals surface area contributed by atoms with Gasteiger partial charge in [0.05, 0.1) is 17.7 Å². The van der Waals surface area contributed by atoms with E-state index in [1.54, 1.807) is 18.3 Å². The quantitative estimate of drug-likeness (QED) is 0.317. The Morgan fingerprint density at radius 1 is 1.00 bits per heavy atom. The van der Waals surface area contributed by atoms with Gasteiger partial charge in [-0.25, -0.2) is 4.98 Å². The number of benzene rings is 2. The van der Waals surface area contributed by atoms with Gasteiger partial charge in [0, 0.05) is 24.2 Å². The van der Waals surface area contributed by atoms with Crippen LogP contribution in [0.25, 0.3) is 11.0 Å². The van der Waals surface area contributed by atoms with Crippen LogP contribution in [0, 0.1) is 6.92 Å². The molecule has 0 radical (unpaired) electrons. The first-order chi connectivity index (χ1) is 16.6. The number of H-pyrrole nitrogens is 1. The molecule has 0 saturated heterocycles. The number of amides is 1. The van der Waals surface area contributed by atoms with Gasteiger partial charge >= 0.3 is 6.18 Å². The molecule has 2 aromatic heterocycles. The van der Waals surface area contributed by atoms with Gasteiger partial charge in [0.15, 0.2) is 5.78 Å². The van der Waals surface area contributed by atoms with Crippen molar-refractivity contribution in [3.63, 3.8) is 0 Å². The lowest BCUT2D eigenvalue weighted by Gasteiger charge is -2.12. The molecule has 4 rings (SSSR count). The molecule has 0 fully saturated rings. The topological polar surface area (TPSA) is 74.8 Å². The van der Waals surface area contributed by atoms with E-state index >= 15 is 0 Å². The molecule has 8 heteroatoms. The fourth-order valence-corrected chi connectivity index (χ4v) is 3.93. The van der Waals surface area contributed by atoms with E-state index in [-0.39, 0.29) is 18.1 Å². The molecule has 5 nitrogen and oxygen atoms in total. The van der Waals surface area contributed by atoms with E-state index in [0.717, 1.165) is 34.2 Å². The summed E-state index contributed by atoms with van der Waals surface area (Å²) in [4.78, 5) is 31.4. The number of halogens is 3. The summed E-state index contributed by atoms with van der Waals surface area (Å²) in [6.07, 6.45) is -1.40. The third-order valence-electron chi connectivity index (χ3n) is 5.84. The Morgan fingerprint density at radius 2 is 1.80 bits per heavy atom. The third kappa shape index (κ3) is 5.95. The zero-order valence-corrected chi connectivity index (χ0v) is 19.3. The summed E-state index contributed by atoms with van der Waals surface area (Å²) in [5.74, 6) is -0.436. The highest BCUT2D eigenvalue weighted by molar-refractivity contribution is 5.97. The number of anilines is 1. The first-order valence-corrected chi connectivity index (χ1v) is 11.1. The van der Waals surface area contributed by atoms with Gasteiger partial charge in [0.2, 0.25) is 5.91 Å². The Balaban J connectivity index is 1.42. The molecule has 0 unspecified atom stereocenters. The first kappa shape index (κ1) is 24.2. The minimum Gasteiger partial charge on any atom is -0.337 e. The molecule has 0 aliphatic heterocycles. The maximum atomic E-state index is 12.9.